The first-order valence-electron chi connectivity index (χ1n) is 13.9. The van der Waals surface area contributed by atoms with Crippen LogP contribution >= 0.6 is 11.3 Å². The van der Waals surface area contributed by atoms with Crippen LogP contribution < -0.4 is 5.32 Å². The van der Waals surface area contributed by atoms with Crippen molar-refractivity contribution in [2.75, 3.05) is 13.1 Å². The summed E-state index contributed by atoms with van der Waals surface area (Å²) >= 11 is 1.95. The number of rotatable bonds is 9. The zero-order valence-corrected chi connectivity index (χ0v) is 22.6. The van der Waals surface area contributed by atoms with E-state index in [9.17, 15) is 0 Å². The van der Waals surface area contributed by atoms with Crippen molar-refractivity contribution < 1.29 is 0 Å². The molecule has 0 spiro atoms. The number of aryl methyl sites for hydroxylation is 2. The van der Waals surface area contributed by atoms with Gasteiger partial charge in [-0.15, -0.1) is 21.5 Å². The number of nitrogens with one attached hydrogen (secondary N) is 1. The number of thiophene rings is 1. The van der Waals surface area contributed by atoms with E-state index in [0.717, 1.165) is 23.8 Å². The van der Waals surface area contributed by atoms with Gasteiger partial charge in [0.2, 0.25) is 0 Å². The Bertz CT molecular complexity index is 913. The van der Waals surface area contributed by atoms with E-state index in [-0.39, 0.29) is 0 Å². The molecule has 4 heterocycles. The zero-order chi connectivity index (χ0) is 23.7. The minimum atomic E-state index is 0.433. The van der Waals surface area contributed by atoms with Gasteiger partial charge in [-0.1, -0.05) is 33.1 Å². The topological polar surface area (TPSA) is 46.0 Å². The van der Waals surface area contributed by atoms with Gasteiger partial charge in [-0.2, -0.15) is 0 Å². The fourth-order valence-electron chi connectivity index (χ4n) is 7.01. The van der Waals surface area contributed by atoms with Crippen LogP contribution in [0.3, 0.4) is 0 Å². The number of hydrogen-bond acceptors (Lipinski definition) is 5. The van der Waals surface area contributed by atoms with Crippen LogP contribution in [0.4, 0.5) is 0 Å². The molecule has 5 rings (SSSR count). The van der Waals surface area contributed by atoms with Crippen LogP contribution in [0.1, 0.15) is 118 Å². The predicted octanol–water partition coefficient (Wildman–Crippen LogP) is 6.55. The number of hydrogen-bond donors (Lipinski definition) is 1. The molecule has 3 fully saturated rings. The molecule has 3 atom stereocenters. The second kappa shape index (κ2) is 10.8. The van der Waals surface area contributed by atoms with Crippen LogP contribution in [0.2, 0.25) is 0 Å². The highest BCUT2D eigenvalue weighted by molar-refractivity contribution is 7.10. The molecule has 1 aliphatic carbocycles. The summed E-state index contributed by atoms with van der Waals surface area (Å²) in [6.45, 7) is 11.3. The Balaban J connectivity index is 1.22. The van der Waals surface area contributed by atoms with Crippen LogP contribution in [0.5, 0.6) is 0 Å². The van der Waals surface area contributed by atoms with Crippen molar-refractivity contribution in [2.45, 2.75) is 122 Å². The summed E-state index contributed by atoms with van der Waals surface area (Å²) in [5.41, 5.74) is 1.41. The van der Waals surface area contributed by atoms with Gasteiger partial charge in [0.25, 0.3) is 0 Å². The second-order valence-corrected chi connectivity index (χ2v) is 12.6. The first-order valence-corrected chi connectivity index (χ1v) is 14.8. The lowest BCUT2D eigenvalue weighted by Crippen LogP contribution is -2.45. The summed E-state index contributed by atoms with van der Waals surface area (Å²) in [4.78, 5) is 4.42. The Hall–Kier alpha value is -1.24. The first kappa shape index (κ1) is 24.5. The van der Waals surface area contributed by atoms with Gasteiger partial charge >= 0.3 is 0 Å². The molecule has 2 saturated heterocycles. The summed E-state index contributed by atoms with van der Waals surface area (Å²) in [5, 5.41) is 15.3. The van der Waals surface area contributed by atoms with Gasteiger partial charge in [-0.3, -0.25) is 4.90 Å². The van der Waals surface area contributed by atoms with Crippen molar-refractivity contribution in [1.82, 2.24) is 25.0 Å². The molecule has 34 heavy (non-hydrogen) atoms. The van der Waals surface area contributed by atoms with Gasteiger partial charge in [0, 0.05) is 41.5 Å². The molecule has 5 nitrogen and oxygen atoms in total. The molecule has 2 aliphatic heterocycles. The molecule has 0 amide bonds. The van der Waals surface area contributed by atoms with Gasteiger partial charge in [-0.05, 0) is 88.3 Å². The second-order valence-electron chi connectivity index (χ2n) is 11.7. The highest BCUT2D eigenvalue weighted by atomic mass is 32.1. The Labute approximate surface area is 210 Å². The van der Waals surface area contributed by atoms with Gasteiger partial charge < -0.3 is 9.88 Å². The Morgan fingerprint density at radius 3 is 2.38 bits per heavy atom. The standard InChI is InChI=1S/C28H45N5S/c1-19(2)28-31-30-21(4)33(28)25-15-23-10-11-24(16-25)32(23)13-12-26(27-14-20(3)18-34-27)29-17-22-8-6-5-7-9-22/h14,18-19,22-26,29H,5-13,15-17H2,1-4H3/t23?,24?,25?,26-/m0/s1. The Morgan fingerprint density at radius 1 is 1.00 bits per heavy atom. The first-order chi connectivity index (χ1) is 16.5. The molecule has 1 N–H and O–H groups in total. The molecule has 2 unspecified atom stereocenters. The maximum absolute atomic E-state index is 4.53. The van der Waals surface area contributed by atoms with E-state index in [1.807, 2.05) is 11.3 Å². The van der Waals surface area contributed by atoms with Crippen LogP contribution in [0.25, 0.3) is 0 Å². The lowest BCUT2D eigenvalue weighted by molar-refractivity contribution is 0.0995. The molecule has 0 radical (unpaired) electrons. The smallest absolute Gasteiger partial charge is 0.135 e. The van der Waals surface area contributed by atoms with Gasteiger partial charge in [-0.25, -0.2) is 0 Å². The van der Waals surface area contributed by atoms with E-state index in [0.29, 0.717) is 18.0 Å². The van der Waals surface area contributed by atoms with Crippen LogP contribution in [0.15, 0.2) is 11.4 Å². The predicted molar refractivity (Wildman–Crippen MR) is 142 cm³/mol. The molecule has 188 valence electrons. The number of fused-ring (bicyclic) bond motifs is 2. The van der Waals surface area contributed by atoms with Gasteiger partial charge in [0.1, 0.15) is 11.6 Å². The molecule has 3 aliphatic rings. The summed E-state index contributed by atoms with van der Waals surface area (Å²) in [6, 6.07) is 4.93. The molecular weight excluding hydrogens is 438 g/mol. The van der Waals surface area contributed by atoms with E-state index < -0.39 is 0 Å². The molecule has 2 aromatic heterocycles. The van der Waals surface area contributed by atoms with Crippen molar-refractivity contribution >= 4 is 11.3 Å². The summed E-state index contributed by atoms with van der Waals surface area (Å²) in [7, 11) is 0. The quantitative estimate of drug-likeness (QED) is 0.439. The van der Waals surface area contributed by atoms with Crippen molar-refractivity contribution in [3.63, 3.8) is 0 Å². The lowest BCUT2D eigenvalue weighted by atomic mass is 9.89. The fraction of sp³-hybridized carbons (Fsp3) is 0.786. The summed E-state index contributed by atoms with van der Waals surface area (Å²) in [6.07, 6.45) is 13.6. The van der Waals surface area contributed by atoms with Crippen molar-refractivity contribution in [3.05, 3.63) is 33.5 Å². The van der Waals surface area contributed by atoms with Crippen molar-refractivity contribution in [1.29, 1.82) is 0 Å². The average Bonchev–Trinajstić information content (AvgIpc) is 3.50. The van der Waals surface area contributed by atoms with Crippen molar-refractivity contribution in [3.8, 4) is 0 Å². The minimum absolute atomic E-state index is 0.433. The van der Waals surface area contributed by atoms with Crippen LogP contribution in [-0.2, 0) is 0 Å². The number of piperidine rings is 1. The van der Waals surface area contributed by atoms with E-state index in [1.165, 1.54) is 93.6 Å². The minimum Gasteiger partial charge on any atom is -0.312 e. The molecule has 0 aromatic carbocycles. The zero-order valence-electron chi connectivity index (χ0n) is 21.8. The highest BCUT2D eigenvalue weighted by Crippen LogP contribution is 2.42. The van der Waals surface area contributed by atoms with E-state index in [2.05, 4.69) is 64.1 Å². The van der Waals surface area contributed by atoms with Gasteiger partial charge in [0.05, 0.1) is 0 Å². The maximum Gasteiger partial charge on any atom is 0.135 e. The third kappa shape index (κ3) is 5.29. The monoisotopic (exact) mass is 483 g/mol. The molecule has 2 bridgehead atoms. The SMILES string of the molecule is Cc1csc([C@H](CCN2C3CCC2CC(n2c(C)nnc2C(C)C)C3)NCC2CCCCC2)c1. The van der Waals surface area contributed by atoms with E-state index in [4.69, 9.17) is 0 Å². The third-order valence-electron chi connectivity index (χ3n) is 8.78. The third-order valence-corrected chi connectivity index (χ3v) is 9.95. The fourth-order valence-corrected chi connectivity index (χ4v) is 8.02. The molecule has 6 heteroatoms. The normalized spacial score (nSPS) is 27.0. The summed E-state index contributed by atoms with van der Waals surface area (Å²) < 4.78 is 2.48. The lowest BCUT2D eigenvalue weighted by Gasteiger charge is -2.40. The van der Waals surface area contributed by atoms with Crippen LogP contribution in [-0.4, -0.2) is 44.8 Å². The van der Waals surface area contributed by atoms with Gasteiger partial charge in [0.15, 0.2) is 0 Å². The van der Waals surface area contributed by atoms with Crippen molar-refractivity contribution in [2.24, 2.45) is 5.92 Å². The van der Waals surface area contributed by atoms with E-state index in [1.54, 1.807) is 0 Å². The maximum atomic E-state index is 4.53. The van der Waals surface area contributed by atoms with Crippen LogP contribution in [0, 0.1) is 19.8 Å². The number of aromatic nitrogens is 3. The average molecular weight is 484 g/mol. The molecule has 1 saturated carbocycles. The largest absolute Gasteiger partial charge is 0.312 e. The highest BCUT2D eigenvalue weighted by Gasteiger charge is 2.42. The molecule has 2 aromatic rings. The Morgan fingerprint density at radius 2 is 1.74 bits per heavy atom. The molecular formula is C28H45N5S. The summed E-state index contributed by atoms with van der Waals surface area (Å²) in [5.74, 6) is 3.59. The number of nitrogens with zero attached hydrogens (tertiary/aromatic N) is 4. The van der Waals surface area contributed by atoms with E-state index >= 15 is 0 Å². The Kier molecular flexibility index (Phi) is 7.76.